The van der Waals surface area contributed by atoms with Gasteiger partial charge in [0.25, 0.3) is 7.11 Å². The highest BCUT2D eigenvalue weighted by molar-refractivity contribution is 6.01. The standard InChI is InChI=1S/C15H21O2/c1-14(16)8-9-15-6-3-4-12(14)13(15)10-11(17-2)5-7-15/h5,7,10,12,16H,3-4,6,8-9H2,1-2H3/q+1/t12-,14?,15+/m1/s1. The van der Waals surface area contributed by atoms with Crippen LogP contribution < -0.4 is 0 Å². The first-order chi connectivity index (χ1) is 8.07. The van der Waals surface area contributed by atoms with Crippen molar-refractivity contribution in [1.29, 1.82) is 0 Å². The molecule has 3 rings (SSSR count). The van der Waals surface area contributed by atoms with Crippen LogP contribution in [0.2, 0.25) is 0 Å². The molecule has 0 heterocycles. The van der Waals surface area contributed by atoms with E-state index in [1.165, 1.54) is 18.4 Å². The van der Waals surface area contributed by atoms with Crippen molar-refractivity contribution < 1.29 is 9.53 Å². The molecular formula is C15H21O2+. The molecule has 3 aliphatic rings. The number of carbonyl (C=O) groups excluding carboxylic acids is 1. The van der Waals surface area contributed by atoms with Gasteiger partial charge in [0, 0.05) is 23.5 Å². The summed E-state index contributed by atoms with van der Waals surface area (Å²) < 4.78 is 5.34. The Balaban J connectivity index is 2.09. The van der Waals surface area contributed by atoms with Gasteiger partial charge in [-0.3, -0.25) is 4.42 Å². The van der Waals surface area contributed by atoms with Crippen LogP contribution in [0, 0.1) is 11.3 Å². The zero-order chi connectivity index (χ0) is 12.1. The Hall–Kier alpha value is -0.890. The Morgan fingerprint density at radius 3 is 2.94 bits per heavy atom. The summed E-state index contributed by atoms with van der Waals surface area (Å²) in [5.41, 5.74) is 1.12. The maximum absolute atomic E-state index is 10.6. The van der Waals surface area contributed by atoms with Crippen molar-refractivity contribution in [3.05, 3.63) is 23.8 Å². The molecule has 1 unspecified atom stereocenters. The maximum Gasteiger partial charge on any atom is 0.342 e. The molecule has 0 saturated heterocycles. The van der Waals surface area contributed by atoms with E-state index in [9.17, 15) is 5.11 Å². The Bertz CT molecular complexity index is 428. The van der Waals surface area contributed by atoms with Gasteiger partial charge in [-0.05, 0) is 38.2 Å². The largest absolute Gasteiger partial charge is 0.390 e. The van der Waals surface area contributed by atoms with Crippen LogP contribution in [0.15, 0.2) is 23.8 Å². The summed E-state index contributed by atoms with van der Waals surface area (Å²) in [7, 11) is 1.71. The number of ketones is 1. The number of hydrogen-bond acceptors (Lipinski definition) is 1. The number of hydrogen-bond donors (Lipinski definition) is 1. The van der Waals surface area contributed by atoms with Crippen molar-refractivity contribution in [2.24, 2.45) is 11.3 Å². The monoisotopic (exact) mass is 233 g/mol. The highest BCUT2D eigenvalue weighted by Crippen LogP contribution is 2.57. The molecule has 0 aromatic carbocycles. The molecule has 0 amide bonds. The van der Waals surface area contributed by atoms with E-state index in [1.807, 2.05) is 6.92 Å². The van der Waals surface area contributed by atoms with Crippen LogP contribution in [0.5, 0.6) is 0 Å². The fourth-order valence-electron chi connectivity index (χ4n) is 3.91. The van der Waals surface area contributed by atoms with Gasteiger partial charge >= 0.3 is 5.78 Å². The Morgan fingerprint density at radius 2 is 2.18 bits per heavy atom. The second-order valence-electron chi connectivity index (χ2n) is 6.00. The van der Waals surface area contributed by atoms with Gasteiger partial charge in [0.05, 0.1) is 5.60 Å². The van der Waals surface area contributed by atoms with Gasteiger partial charge < -0.3 is 5.11 Å². The van der Waals surface area contributed by atoms with Crippen LogP contribution in [0.25, 0.3) is 0 Å². The summed E-state index contributed by atoms with van der Waals surface area (Å²) in [6.45, 7) is 2.00. The van der Waals surface area contributed by atoms with Gasteiger partial charge in [-0.25, -0.2) is 0 Å². The molecule has 2 bridgehead atoms. The molecule has 2 nitrogen and oxygen atoms in total. The Kier molecular flexibility index (Phi) is 2.34. The zero-order valence-electron chi connectivity index (χ0n) is 10.7. The molecule has 2 saturated carbocycles. The van der Waals surface area contributed by atoms with Crippen molar-refractivity contribution in [3.8, 4) is 0 Å². The van der Waals surface area contributed by atoms with E-state index < -0.39 is 5.60 Å². The van der Waals surface area contributed by atoms with Crippen LogP contribution in [0.3, 0.4) is 0 Å². The number of allylic oxidation sites excluding steroid dienone is 3. The van der Waals surface area contributed by atoms with E-state index in [4.69, 9.17) is 4.42 Å². The minimum Gasteiger partial charge on any atom is -0.390 e. The van der Waals surface area contributed by atoms with Crippen LogP contribution in [-0.2, 0) is 4.42 Å². The van der Waals surface area contributed by atoms with Gasteiger partial charge in [0.15, 0.2) is 0 Å². The fraction of sp³-hybridized carbons (Fsp3) is 0.667. The lowest BCUT2D eigenvalue weighted by Gasteiger charge is -2.53. The Morgan fingerprint density at radius 1 is 1.35 bits per heavy atom. The second kappa shape index (κ2) is 3.55. The van der Waals surface area contributed by atoms with Gasteiger partial charge in [-0.1, -0.05) is 12.5 Å². The quantitative estimate of drug-likeness (QED) is 0.641. The molecule has 0 aromatic rings. The molecule has 1 N–H and O–H groups in total. The van der Waals surface area contributed by atoms with E-state index in [0.29, 0.717) is 5.92 Å². The molecule has 0 radical (unpaired) electrons. The first-order valence-corrected chi connectivity index (χ1v) is 6.62. The summed E-state index contributed by atoms with van der Waals surface area (Å²) in [5.74, 6) is 1.25. The van der Waals surface area contributed by atoms with Crippen molar-refractivity contribution in [2.75, 3.05) is 7.11 Å². The first-order valence-electron chi connectivity index (χ1n) is 6.62. The number of aliphatic hydroxyl groups is 1. The highest BCUT2D eigenvalue weighted by Gasteiger charge is 2.52. The lowest BCUT2D eigenvalue weighted by atomic mass is 9.53. The molecule has 92 valence electrons. The molecule has 3 aliphatic carbocycles. The molecule has 2 fully saturated rings. The first kappa shape index (κ1) is 11.2. The second-order valence-corrected chi connectivity index (χ2v) is 6.00. The zero-order valence-corrected chi connectivity index (χ0v) is 10.7. The van der Waals surface area contributed by atoms with Gasteiger partial charge in [0.1, 0.15) is 0 Å². The van der Waals surface area contributed by atoms with E-state index in [-0.39, 0.29) is 5.41 Å². The third-order valence-electron chi connectivity index (χ3n) is 4.99. The van der Waals surface area contributed by atoms with Crippen molar-refractivity contribution in [3.63, 3.8) is 0 Å². The van der Waals surface area contributed by atoms with Gasteiger partial charge in [-0.15, -0.1) is 0 Å². The molecule has 2 heteroatoms. The van der Waals surface area contributed by atoms with E-state index >= 15 is 0 Å². The molecule has 0 aromatic heterocycles. The van der Waals surface area contributed by atoms with Crippen LogP contribution in [0.1, 0.15) is 39.0 Å². The van der Waals surface area contributed by atoms with Crippen molar-refractivity contribution >= 4 is 5.78 Å². The lowest BCUT2D eigenvalue weighted by Crippen LogP contribution is -2.49. The summed E-state index contributed by atoms with van der Waals surface area (Å²) in [6, 6.07) is 0. The van der Waals surface area contributed by atoms with E-state index in [2.05, 4.69) is 18.2 Å². The average molecular weight is 233 g/mol. The van der Waals surface area contributed by atoms with Crippen LogP contribution in [-0.4, -0.2) is 23.6 Å². The summed E-state index contributed by atoms with van der Waals surface area (Å²) in [4.78, 5) is 0. The third-order valence-corrected chi connectivity index (χ3v) is 4.99. The summed E-state index contributed by atoms with van der Waals surface area (Å²) in [5, 5.41) is 10.6. The molecule has 0 aliphatic heterocycles. The highest BCUT2D eigenvalue weighted by atomic mass is 16.4. The SMILES string of the molecule is C[O+]=C1C=C[C@]23CCC[C@H](C2=C1)C(C)(O)CC3. The lowest BCUT2D eigenvalue weighted by molar-refractivity contribution is -0.417. The summed E-state index contributed by atoms with van der Waals surface area (Å²) >= 11 is 0. The normalized spacial score (nSPS) is 46.6. The minimum atomic E-state index is -0.528. The molecule has 3 atom stereocenters. The van der Waals surface area contributed by atoms with E-state index in [1.54, 1.807) is 7.11 Å². The van der Waals surface area contributed by atoms with Gasteiger partial charge in [0.2, 0.25) is 0 Å². The van der Waals surface area contributed by atoms with Crippen LogP contribution in [0.4, 0.5) is 0 Å². The van der Waals surface area contributed by atoms with E-state index in [0.717, 1.165) is 25.0 Å². The third kappa shape index (κ3) is 1.54. The van der Waals surface area contributed by atoms with Crippen molar-refractivity contribution in [1.82, 2.24) is 0 Å². The average Bonchev–Trinajstić information content (AvgIpc) is 2.34. The number of rotatable bonds is 0. The fourth-order valence-corrected chi connectivity index (χ4v) is 3.91. The Labute approximate surface area is 103 Å². The maximum atomic E-state index is 10.6. The summed E-state index contributed by atoms with van der Waals surface area (Å²) in [6.07, 6.45) is 12.2. The molecule has 0 spiro atoms. The van der Waals surface area contributed by atoms with Crippen LogP contribution >= 0.6 is 0 Å². The van der Waals surface area contributed by atoms with Crippen molar-refractivity contribution in [2.45, 2.75) is 44.6 Å². The minimum absolute atomic E-state index is 0.229. The smallest absolute Gasteiger partial charge is 0.342 e. The molecular weight excluding hydrogens is 212 g/mol. The topological polar surface area (TPSA) is 31.5 Å². The molecule has 17 heavy (non-hydrogen) atoms. The predicted molar refractivity (Wildman–Crippen MR) is 67.8 cm³/mol. The predicted octanol–water partition coefficient (Wildman–Crippen LogP) is 2.55. The van der Waals surface area contributed by atoms with Gasteiger partial charge in [-0.2, -0.15) is 0 Å².